The summed E-state index contributed by atoms with van der Waals surface area (Å²) in [6.07, 6.45) is 8.60. The molecule has 3 nitrogen and oxygen atoms in total. The quantitative estimate of drug-likeness (QED) is 0.217. The maximum absolute atomic E-state index is 13.9. The fourth-order valence-electron chi connectivity index (χ4n) is 2.23. The van der Waals surface area contributed by atoms with Crippen molar-refractivity contribution in [3.63, 3.8) is 0 Å². The van der Waals surface area contributed by atoms with Gasteiger partial charge >= 0.3 is 0 Å². The Kier molecular flexibility index (Phi) is 10.4. The second kappa shape index (κ2) is 12.3. The van der Waals surface area contributed by atoms with Crippen LogP contribution in [0, 0.1) is 11.7 Å². The summed E-state index contributed by atoms with van der Waals surface area (Å²) in [4.78, 5) is 9.80. The van der Waals surface area contributed by atoms with Gasteiger partial charge in [0.1, 0.15) is 5.82 Å². The number of rotatable bonds is 12. The molecule has 27 heavy (non-hydrogen) atoms. The average molecular weight is 388 g/mol. The third-order valence-electron chi connectivity index (χ3n) is 3.82. The number of thioether (sulfide) groups is 1. The first kappa shape index (κ1) is 22.9. The van der Waals surface area contributed by atoms with Crippen LogP contribution in [0.5, 0.6) is 0 Å². The Morgan fingerprint density at radius 2 is 2.11 bits per heavy atom. The standard InChI is InChI=1S/C22H30FN3S/c1-16(2)27-12-8-7-9-17(3)10-11-21-13-20(23)14-22(26-21)15-25-19(5)18(4)24-6/h7,9,13-15,17,24H,1,4-5,8,10-12H2,2-3,6H3/b9-7+,25-15?. The molecule has 1 aromatic rings. The van der Waals surface area contributed by atoms with Gasteiger partial charge in [-0.3, -0.25) is 9.98 Å². The highest BCUT2D eigenvalue weighted by Gasteiger charge is 2.05. The number of nitrogens with one attached hydrogen (secondary N) is 1. The molecule has 1 atom stereocenters. The zero-order valence-electron chi connectivity index (χ0n) is 16.6. The van der Waals surface area contributed by atoms with E-state index < -0.39 is 0 Å². The van der Waals surface area contributed by atoms with Gasteiger partial charge in [0.05, 0.1) is 23.3 Å². The van der Waals surface area contributed by atoms with Gasteiger partial charge in [-0.1, -0.05) is 38.8 Å². The lowest BCUT2D eigenvalue weighted by molar-refractivity contribution is 0.608. The second-order valence-corrected chi connectivity index (χ2v) is 7.81. The zero-order valence-corrected chi connectivity index (χ0v) is 17.4. The molecule has 0 radical (unpaired) electrons. The van der Waals surface area contributed by atoms with Gasteiger partial charge in [0.25, 0.3) is 0 Å². The summed E-state index contributed by atoms with van der Waals surface area (Å²) in [6.45, 7) is 15.7. The first-order valence-electron chi connectivity index (χ1n) is 9.03. The van der Waals surface area contributed by atoms with Crippen LogP contribution in [0.25, 0.3) is 0 Å². The highest BCUT2D eigenvalue weighted by molar-refractivity contribution is 8.03. The van der Waals surface area contributed by atoms with Crippen molar-refractivity contribution in [2.75, 3.05) is 12.8 Å². The molecule has 0 spiro atoms. The maximum Gasteiger partial charge on any atom is 0.127 e. The predicted molar refractivity (Wildman–Crippen MR) is 118 cm³/mol. The van der Waals surface area contributed by atoms with Crippen LogP contribution in [0.3, 0.4) is 0 Å². The van der Waals surface area contributed by atoms with Gasteiger partial charge in [-0.05, 0) is 43.1 Å². The van der Waals surface area contributed by atoms with E-state index in [0.29, 0.717) is 23.0 Å². The fourth-order valence-corrected chi connectivity index (χ4v) is 2.84. The Bertz CT molecular complexity index is 722. The van der Waals surface area contributed by atoms with Crippen molar-refractivity contribution in [3.05, 3.63) is 77.5 Å². The van der Waals surface area contributed by atoms with E-state index in [1.54, 1.807) is 18.8 Å². The minimum Gasteiger partial charge on any atom is -0.387 e. The van der Waals surface area contributed by atoms with Crippen molar-refractivity contribution in [1.82, 2.24) is 10.3 Å². The molecule has 0 amide bonds. The van der Waals surface area contributed by atoms with Crippen molar-refractivity contribution >= 4 is 18.0 Å². The van der Waals surface area contributed by atoms with Gasteiger partial charge in [-0.15, -0.1) is 11.8 Å². The lowest BCUT2D eigenvalue weighted by atomic mass is 10.0. The smallest absolute Gasteiger partial charge is 0.127 e. The Morgan fingerprint density at radius 3 is 2.78 bits per heavy atom. The van der Waals surface area contributed by atoms with Crippen LogP contribution in [0.2, 0.25) is 0 Å². The Labute approximate surface area is 167 Å². The minimum absolute atomic E-state index is 0.306. The van der Waals surface area contributed by atoms with Crippen LogP contribution in [-0.2, 0) is 6.42 Å². The first-order chi connectivity index (χ1) is 12.8. The molecule has 0 saturated heterocycles. The number of hydrogen-bond acceptors (Lipinski definition) is 4. The normalized spacial score (nSPS) is 12.4. The molecule has 1 N–H and O–H groups in total. The lowest BCUT2D eigenvalue weighted by Gasteiger charge is -2.07. The molecule has 1 aromatic heterocycles. The topological polar surface area (TPSA) is 37.3 Å². The van der Waals surface area contributed by atoms with Crippen molar-refractivity contribution < 1.29 is 4.39 Å². The number of pyridine rings is 1. The average Bonchev–Trinajstić information content (AvgIpc) is 2.62. The maximum atomic E-state index is 13.9. The molecule has 146 valence electrons. The molecule has 1 rings (SSSR count). The van der Waals surface area contributed by atoms with E-state index in [1.807, 2.05) is 6.92 Å². The number of likely N-dealkylation sites (N-methyl/N-ethyl adjacent to an activating group) is 1. The van der Waals surface area contributed by atoms with E-state index in [2.05, 4.69) is 54.1 Å². The summed E-state index contributed by atoms with van der Waals surface area (Å²) < 4.78 is 13.9. The van der Waals surface area contributed by atoms with Crippen LogP contribution in [-0.4, -0.2) is 24.0 Å². The van der Waals surface area contributed by atoms with E-state index in [9.17, 15) is 4.39 Å². The highest BCUT2D eigenvalue weighted by atomic mass is 32.2. The highest BCUT2D eigenvalue weighted by Crippen LogP contribution is 2.15. The van der Waals surface area contributed by atoms with E-state index in [-0.39, 0.29) is 5.82 Å². The number of aliphatic imine (C=N–C) groups is 1. The molecule has 5 heteroatoms. The third-order valence-corrected chi connectivity index (χ3v) is 4.75. The molecular weight excluding hydrogens is 357 g/mol. The Hall–Kier alpha value is -2.14. The molecule has 1 heterocycles. The summed E-state index contributed by atoms with van der Waals surface area (Å²) in [5, 5.41) is 2.87. The Morgan fingerprint density at radius 1 is 1.37 bits per heavy atom. The number of halogens is 1. The minimum atomic E-state index is -0.306. The van der Waals surface area contributed by atoms with Gasteiger partial charge in [0.15, 0.2) is 0 Å². The number of nitrogens with zero attached hydrogens (tertiary/aromatic N) is 2. The SMILES string of the molecule is C=C(C)SCC/C=C/C(C)CCc1cc(F)cc(C=NC(=C)C(=C)NC)n1. The monoisotopic (exact) mass is 387 g/mol. The van der Waals surface area contributed by atoms with E-state index in [4.69, 9.17) is 0 Å². The summed E-state index contributed by atoms with van der Waals surface area (Å²) in [5.74, 6) is 1.16. The first-order valence-corrected chi connectivity index (χ1v) is 10.0. The van der Waals surface area contributed by atoms with Gasteiger partial charge in [-0.25, -0.2) is 4.39 Å². The van der Waals surface area contributed by atoms with E-state index in [0.717, 1.165) is 35.6 Å². The van der Waals surface area contributed by atoms with Crippen LogP contribution in [0.15, 0.2) is 65.3 Å². The van der Waals surface area contributed by atoms with Crippen LogP contribution >= 0.6 is 11.8 Å². The van der Waals surface area contributed by atoms with Gasteiger partial charge in [-0.2, -0.15) is 0 Å². The van der Waals surface area contributed by atoms with Gasteiger partial charge in [0.2, 0.25) is 0 Å². The number of hydrogen-bond donors (Lipinski definition) is 1. The van der Waals surface area contributed by atoms with Crippen molar-refractivity contribution in [1.29, 1.82) is 0 Å². The third kappa shape index (κ3) is 9.94. The molecular formula is C22H30FN3S. The second-order valence-electron chi connectivity index (χ2n) is 6.42. The molecule has 0 aliphatic heterocycles. The lowest BCUT2D eigenvalue weighted by Crippen LogP contribution is -2.05. The van der Waals surface area contributed by atoms with E-state index >= 15 is 0 Å². The number of aromatic nitrogens is 1. The number of allylic oxidation sites excluding steroid dienone is 3. The molecule has 0 aliphatic carbocycles. The number of aryl methyl sites for hydroxylation is 1. The molecule has 1 unspecified atom stereocenters. The summed E-state index contributed by atoms with van der Waals surface area (Å²) in [6, 6.07) is 2.85. The molecule has 0 saturated carbocycles. The van der Waals surface area contributed by atoms with Gasteiger partial charge in [0, 0.05) is 24.6 Å². The predicted octanol–water partition coefficient (Wildman–Crippen LogP) is 5.67. The molecule has 0 bridgehead atoms. The summed E-state index contributed by atoms with van der Waals surface area (Å²) in [7, 11) is 1.75. The largest absolute Gasteiger partial charge is 0.387 e. The Balaban J connectivity index is 2.58. The molecule has 0 aromatic carbocycles. The van der Waals surface area contributed by atoms with Crippen molar-refractivity contribution in [3.8, 4) is 0 Å². The molecule has 0 fully saturated rings. The van der Waals surface area contributed by atoms with E-state index in [1.165, 1.54) is 18.3 Å². The molecule has 0 aliphatic rings. The van der Waals surface area contributed by atoms with Crippen molar-refractivity contribution in [2.24, 2.45) is 10.9 Å². The van der Waals surface area contributed by atoms with Crippen LogP contribution in [0.4, 0.5) is 4.39 Å². The van der Waals surface area contributed by atoms with Crippen LogP contribution in [0.1, 0.15) is 38.1 Å². The van der Waals surface area contributed by atoms with Crippen LogP contribution < -0.4 is 5.32 Å². The summed E-state index contributed by atoms with van der Waals surface area (Å²) >= 11 is 1.78. The summed E-state index contributed by atoms with van der Waals surface area (Å²) in [5.41, 5.74) is 2.32. The van der Waals surface area contributed by atoms with Crippen molar-refractivity contribution in [2.45, 2.75) is 33.1 Å². The fraction of sp³-hybridized carbons (Fsp3) is 0.364. The van der Waals surface area contributed by atoms with Gasteiger partial charge < -0.3 is 5.32 Å². The zero-order chi connectivity index (χ0) is 20.2.